The molecule has 148 valence electrons. The number of alkyl halides is 3. The van der Waals surface area contributed by atoms with Gasteiger partial charge in [0.2, 0.25) is 5.89 Å². The van der Waals surface area contributed by atoms with E-state index in [4.69, 9.17) is 4.42 Å². The van der Waals surface area contributed by atoms with Gasteiger partial charge in [0.15, 0.2) is 5.13 Å². The Morgan fingerprint density at radius 1 is 1.29 bits per heavy atom. The van der Waals surface area contributed by atoms with Gasteiger partial charge < -0.3 is 13.9 Å². The van der Waals surface area contributed by atoms with Crippen molar-refractivity contribution in [3.05, 3.63) is 46.9 Å². The normalized spacial score (nSPS) is 17.9. The highest BCUT2D eigenvalue weighted by Gasteiger charge is 2.39. The van der Waals surface area contributed by atoms with Crippen molar-refractivity contribution in [2.45, 2.75) is 31.9 Å². The fourth-order valence-corrected chi connectivity index (χ4v) is 4.18. The zero-order valence-corrected chi connectivity index (χ0v) is 15.6. The van der Waals surface area contributed by atoms with Crippen LogP contribution in [-0.4, -0.2) is 43.6 Å². The van der Waals surface area contributed by atoms with E-state index in [1.54, 1.807) is 11.8 Å². The van der Waals surface area contributed by atoms with Crippen LogP contribution in [0.3, 0.4) is 0 Å². The Morgan fingerprint density at radius 2 is 2.04 bits per heavy atom. The molecule has 0 bridgehead atoms. The molecular formula is C17H16F3N5O2S. The number of aryl methyl sites for hydroxylation is 1. The van der Waals surface area contributed by atoms with Crippen molar-refractivity contribution in [3.8, 4) is 5.13 Å². The molecule has 0 saturated carbocycles. The van der Waals surface area contributed by atoms with Gasteiger partial charge in [-0.15, -0.1) is 10.2 Å². The first kappa shape index (κ1) is 18.7. The van der Waals surface area contributed by atoms with Crippen LogP contribution in [0.25, 0.3) is 5.13 Å². The lowest BCUT2D eigenvalue weighted by Gasteiger charge is -2.30. The summed E-state index contributed by atoms with van der Waals surface area (Å²) >= 11 is 1.28. The molecule has 0 aliphatic carbocycles. The molecule has 0 spiro atoms. The van der Waals surface area contributed by atoms with E-state index in [0.717, 1.165) is 0 Å². The van der Waals surface area contributed by atoms with E-state index in [2.05, 4.69) is 15.2 Å². The Balaban J connectivity index is 1.52. The summed E-state index contributed by atoms with van der Waals surface area (Å²) in [7, 11) is 0. The SMILES string of the molecule is Cc1nc(-n2cccc2)sc1C(=O)N1CCC[C@H](c2nnc(C(F)(F)F)o2)C1. The van der Waals surface area contributed by atoms with E-state index >= 15 is 0 Å². The summed E-state index contributed by atoms with van der Waals surface area (Å²) in [4.78, 5) is 19.6. The van der Waals surface area contributed by atoms with E-state index in [1.165, 1.54) is 11.3 Å². The van der Waals surface area contributed by atoms with Gasteiger partial charge in [-0.25, -0.2) is 4.98 Å². The average Bonchev–Trinajstić information content (AvgIpc) is 3.40. The number of piperidine rings is 1. The van der Waals surface area contributed by atoms with Crippen LogP contribution in [0.5, 0.6) is 0 Å². The molecule has 1 amide bonds. The number of carbonyl (C=O) groups is 1. The molecule has 0 aromatic carbocycles. The average molecular weight is 411 g/mol. The summed E-state index contributed by atoms with van der Waals surface area (Å²) in [6.45, 7) is 2.52. The molecule has 3 aromatic rings. The number of amides is 1. The number of rotatable bonds is 3. The smallest absolute Gasteiger partial charge is 0.417 e. The fourth-order valence-electron chi connectivity index (χ4n) is 3.17. The van der Waals surface area contributed by atoms with Crippen molar-refractivity contribution in [1.29, 1.82) is 0 Å². The molecule has 1 aliphatic rings. The van der Waals surface area contributed by atoms with Crippen molar-refractivity contribution in [3.63, 3.8) is 0 Å². The van der Waals surface area contributed by atoms with Gasteiger partial charge in [-0.05, 0) is 31.9 Å². The second kappa shape index (κ2) is 7.04. The summed E-state index contributed by atoms with van der Waals surface area (Å²) in [6, 6.07) is 3.74. The van der Waals surface area contributed by atoms with Gasteiger partial charge in [0.25, 0.3) is 5.91 Å². The molecular weight excluding hydrogens is 395 g/mol. The molecule has 0 radical (unpaired) electrons. The van der Waals surface area contributed by atoms with Crippen molar-refractivity contribution in [2.24, 2.45) is 0 Å². The number of likely N-dealkylation sites (tertiary alicyclic amines) is 1. The van der Waals surface area contributed by atoms with Crippen LogP contribution in [0.2, 0.25) is 0 Å². The molecule has 4 heterocycles. The van der Waals surface area contributed by atoms with E-state index in [9.17, 15) is 18.0 Å². The van der Waals surface area contributed by atoms with Gasteiger partial charge in [-0.3, -0.25) is 4.79 Å². The zero-order valence-electron chi connectivity index (χ0n) is 14.8. The summed E-state index contributed by atoms with van der Waals surface area (Å²) in [5, 5.41) is 7.31. The van der Waals surface area contributed by atoms with Crippen molar-refractivity contribution < 1.29 is 22.4 Å². The highest BCUT2D eigenvalue weighted by molar-refractivity contribution is 7.16. The number of hydrogen-bond donors (Lipinski definition) is 0. The molecule has 1 aliphatic heterocycles. The maximum absolute atomic E-state index is 13.0. The predicted molar refractivity (Wildman–Crippen MR) is 93.4 cm³/mol. The first-order valence-electron chi connectivity index (χ1n) is 8.63. The van der Waals surface area contributed by atoms with Crippen LogP contribution in [0.1, 0.15) is 45.9 Å². The van der Waals surface area contributed by atoms with E-state index < -0.39 is 18.0 Å². The number of nitrogens with zero attached hydrogens (tertiary/aromatic N) is 5. The molecule has 1 saturated heterocycles. The molecule has 0 unspecified atom stereocenters. The lowest BCUT2D eigenvalue weighted by Crippen LogP contribution is -2.39. The van der Waals surface area contributed by atoms with Gasteiger partial charge in [-0.2, -0.15) is 13.2 Å². The van der Waals surface area contributed by atoms with Crippen molar-refractivity contribution >= 4 is 17.2 Å². The third-order valence-corrected chi connectivity index (χ3v) is 5.70. The van der Waals surface area contributed by atoms with E-state index in [0.29, 0.717) is 35.1 Å². The van der Waals surface area contributed by atoms with Crippen LogP contribution in [0, 0.1) is 6.92 Å². The van der Waals surface area contributed by atoms with E-state index in [-0.39, 0.29) is 18.3 Å². The van der Waals surface area contributed by atoms with Crippen molar-refractivity contribution in [2.75, 3.05) is 13.1 Å². The number of hydrogen-bond acceptors (Lipinski definition) is 6. The highest BCUT2D eigenvalue weighted by Crippen LogP contribution is 2.33. The highest BCUT2D eigenvalue weighted by atomic mass is 32.1. The lowest BCUT2D eigenvalue weighted by molar-refractivity contribution is -0.157. The largest absolute Gasteiger partial charge is 0.470 e. The molecule has 0 N–H and O–H groups in total. The molecule has 28 heavy (non-hydrogen) atoms. The number of carbonyl (C=O) groups excluding carboxylic acids is 1. The number of aromatic nitrogens is 4. The second-order valence-electron chi connectivity index (χ2n) is 6.53. The molecule has 11 heteroatoms. The zero-order chi connectivity index (χ0) is 19.9. The predicted octanol–water partition coefficient (Wildman–Crippen LogP) is 3.66. The molecule has 4 rings (SSSR count). The number of halogens is 3. The van der Waals surface area contributed by atoms with E-state index in [1.807, 2.05) is 29.1 Å². The Morgan fingerprint density at radius 3 is 2.71 bits per heavy atom. The minimum atomic E-state index is -4.68. The van der Waals surface area contributed by atoms with Crippen LogP contribution < -0.4 is 0 Å². The Labute approximate surface area is 161 Å². The van der Waals surface area contributed by atoms with Crippen LogP contribution in [-0.2, 0) is 6.18 Å². The molecule has 7 nitrogen and oxygen atoms in total. The summed E-state index contributed by atoms with van der Waals surface area (Å²) in [5.41, 5.74) is 0.623. The minimum Gasteiger partial charge on any atom is -0.417 e. The van der Waals surface area contributed by atoms with Crippen LogP contribution in [0.4, 0.5) is 13.2 Å². The first-order chi connectivity index (χ1) is 13.3. The quantitative estimate of drug-likeness (QED) is 0.657. The molecule has 1 atom stereocenters. The molecule has 3 aromatic heterocycles. The summed E-state index contributed by atoms with van der Waals surface area (Å²) < 4.78 is 44.7. The van der Waals surface area contributed by atoms with Gasteiger partial charge in [0.1, 0.15) is 4.88 Å². The lowest BCUT2D eigenvalue weighted by atomic mass is 9.98. The third kappa shape index (κ3) is 3.53. The molecule has 1 fully saturated rings. The standard InChI is InChI=1S/C17H16F3N5O2S/c1-10-12(28-16(21-10)24-6-2-3-7-24)14(26)25-8-4-5-11(9-25)13-22-23-15(27-13)17(18,19)20/h2-3,6-7,11H,4-5,8-9H2,1H3/t11-/m0/s1. The second-order valence-corrected chi connectivity index (χ2v) is 7.51. The van der Waals surface area contributed by atoms with Crippen LogP contribution in [0.15, 0.2) is 28.9 Å². The van der Waals surface area contributed by atoms with Gasteiger partial charge in [0.05, 0.1) is 11.6 Å². The maximum atomic E-state index is 13.0. The first-order valence-corrected chi connectivity index (χ1v) is 9.45. The van der Waals surface area contributed by atoms with Gasteiger partial charge in [0, 0.05) is 25.5 Å². The monoisotopic (exact) mass is 411 g/mol. The van der Waals surface area contributed by atoms with Gasteiger partial charge in [-0.1, -0.05) is 11.3 Å². The Hall–Kier alpha value is -2.69. The Kier molecular flexibility index (Phi) is 4.69. The number of thiazole rings is 1. The maximum Gasteiger partial charge on any atom is 0.470 e. The summed E-state index contributed by atoms with van der Waals surface area (Å²) in [5.74, 6) is -2.05. The summed E-state index contributed by atoms with van der Waals surface area (Å²) in [6.07, 6.45) is 0.237. The van der Waals surface area contributed by atoms with Gasteiger partial charge >= 0.3 is 12.1 Å². The fraction of sp³-hybridized carbons (Fsp3) is 0.412. The topological polar surface area (TPSA) is 77.1 Å². The Bertz CT molecular complexity index is 979. The third-order valence-electron chi connectivity index (χ3n) is 4.55. The van der Waals surface area contributed by atoms with Crippen molar-refractivity contribution in [1.82, 2.24) is 24.6 Å². The van der Waals surface area contributed by atoms with Crippen LogP contribution >= 0.6 is 11.3 Å². The minimum absolute atomic E-state index is 0.0844.